The molecule has 0 saturated heterocycles. The molecule has 1 atom stereocenters. The van der Waals surface area contributed by atoms with Gasteiger partial charge in [-0.15, -0.1) is 0 Å². The molecule has 1 aliphatic carbocycles. The molecule has 3 heteroatoms. The minimum absolute atomic E-state index is 0.411. The summed E-state index contributed by atoms with van der Waals surface area (Å²) in [5, 5.41) is 9.09. The van der Waals surface area contributed by atoms with Crippen molar-refractivity contribution in [2.24, 2.45) is 10.2 Å². The summed E-state index contributed by atoms with van der Waals surface area (Å²) in [6.45, 7) is 0. The van der Waals surface area contributed by atoms with Crippen LogP contribution >= 0.6 is 15.9 Å². The fraction of sp³-hybridized carbons (Fsp3) is 0.111. The minimum Gasteiger partial charge on any atom is -0.172 e. The molecular formula is C18H15BrN2. The second-order valence-corrected chi connectivity index (χ2v) is 5.87. The smallest absolute Gasteiger partial charge is 0.129 e. The molecule has 0 aliphatic heterocycles. The predicted molar refractivity (Wildman–Crippen MR) is 89.7 cm³/mol. The molecular weight excluding hydrogens is 324 g/mol. The Hall–Kier alpha value is -2.00. The molecule has 0 bridgehead atoms. The van der Waals surface area contributed by atoms with Crippen LogP contribution in [-0.2, 0) is 5.54 Å². The highest BCUT2D eigenvalue weighted by molar-refractivity contribution is 9.10. The molecule has 0 N–H and O–H groups in total. The first kappa shape index (κ1) is 14.0. The van der Waals surface area contributed by atoms with E-state index >= 15 is 0 Å². The maximum absolute atomic E-state index is 4.66. The summed E-state index contributed by atoms with van der Waals surface area (Å²) in [5.74, 6) is 0. The van der Waals surface area contributed by atoms with E-state index in [-0.39, 0.29) is 0 Å². The lowest BCUT2D eigenvalue weighted by Crippen LogP contribution is -2.20. The summed E-state index contributed by atoms with van der Waals surface area (Å²) in [6, 6.07) is 18.1. The molecule has 0 spiro atoms. The fourth-order valence-electron chi connectivity index (χ4n) is 2.34. The van der Waals surface area contributed by atoms with Gasteiger partial charge in [0.05, 0.1) is 5.69 Å². The molecule has 0 fully saturated rings. The van der Waals surface area contributed by atoms with Gasteiger partial charge in [-0.1, -0.05) is 70.6 Å². The van der Waals surface area contributed by atoms with Crippen molar-refractivity contribution in [2.75, 3.05) is 0 Å². The van der Waals surface area contributed by atoms with Crippen LogP contribution in [0.5, 0.6) is 0 Å². The fourth-order valence-corrected chi connectivity index (χ4v) is 2.60. The Bertz CT molecular complexity index is 687. The Morgan fingerprint density at radius 3 is 2.33 bits per heavy atom. The number of rotatable bonds is 3. The first-order valence-corrected chi connectivity index (χ1v) is 7.66. The van der Waals surface area contributed by atoms with Gasteiger partial charge in [0.1, 0.15) is 5.54 Å². The number of azo groups is 1. The van der Waals surface area contributed by atoms with E-state index in [4.69, 9.17) is 0 Å². The molecule has 0 saturated carbocycles. The van der Waals surface area contributed by atoms with Crippen molar-refractivity contribution in [3.63, 3.8) is 0 Å². The molecule has 1 aliphatic rings. The summed E-state index contributed by atoms with van der Waals surface area (Å²) in [5.41, 5.74) is 1.61. The molecule has 0 radical (unpaired) electrons. The van der Waals surface area contributed by atoms with Gasteiger partial charge in [-0.25, -0.2) is 0 Å². The summed E-state index contributed by atoms with van der Waals surface area (Å²) in [6.07, 6.45) is 9.15. The van der Waals surface area contributed by atoms with Gasteiger partial charge in [0.2, 0.25) is 0 Å². The quantitative estimate of drug-likeness (QED) is 0.618. The van der Waals surface area contributed by atoms with E-state index in [0.717, 1.165) is 22.1 Å². The average molecular weight is 339 g/mol. The van der Waals surface area contributed by atoms with E-state index in [1.165, 1.54) is 0 Å². The van der Waals surface area contributed by atoms with Crippen LogP contribution < -0.4 is 0 Å². The zero-order valence-electron chi connectivity index (χ0n) is 11.5. The Labute approximate surface area is 133 Å². The number of nitrogens with zero attached hydrogens (tertiary/aromatic N) is 2. The maximum Gasteiger partial charge on any atom is 0.129 e. The van der Waals surface area contributed by atoms with E-state index < -0.39 is 5.54 Å². The van der Waals surface area contributed by atoms with Gasteiger partial charge < -0.3 is 0 Å². The molecule has 2 aromatic rings. The number of allylic oxidation sites excluding steroid dienone is 2. The van der Waals surface area contributed by atoms with Crippen LogP contribution in [0.4, 0.5) is 5.69 Å². The summed E-state index contributed by atoms with van der Waals surface area (Å²) in [4.78, 5) is 0. The third-order valence-electron chi connectivity index (χ3n) is 3.49. The average Bonchev–Trinajstić information content (AvgIpc) is 2.55. The van der Waals surface area contributed by atoms with E-state index in [9.17, 15) is 0 Å². The standard InChI is InChI=1S/C18H15BrN2/c19-16-11-9-15(10-12-16)18(13-5-2-6-14-18)21-20-17-7-3-1-4-8-17/h1-13H,14H2. The van der Waals surface area contributed by atoms with Crippen LogP contribution in [0.1, 0.15) is 12.0 Å². The lowest BCUT2D eigenvalue weighted by Gasteiger charge is -2.26. The van der Waals surface area contributed by atoms with Crippen molar-refractivity contribution in [3.8, 4) is 0 Å². The van der Waals surface area contributed by atoms with Gasteiger partial charge in [0, 0.05) is 10.9 Å². The monoisotopic (exact) mass is 338 g/mol. The maximum atomic E-state index is 4.66. The minimum atomic E-state index is -0.411. The summed E-state index contributed by atoms with van der Waals surface area (Å²) >= 11 is 3.48. The Kier molecular flexibility index (Phi) is 4.11. The van der Waals surface area contributed by atoms with Gasteiger partial charge in [-0.3, -0.25) is 0 Å². The lowest BCUT2D eigenvalue weighted by molar-refractivity contribution is 0.539. The second-order valence-electron chi connectivity index (χ2n) is 4.96. The number of hydrogen-bond acceptors (Lipinski definition) is 2. The Balaban J connectivity index is 1.98. The third-order valence-corrected chi connectivity index (χ3v) is 4.02. The van der Waals surface area contributed by atoms with Crippen LogP contribution in [0, 0.1) is 0 Å². The molecule has 3 rings (SSSR count). The zero-order chi connectivity index (χ0) is 14.5. The number of benzene rings is 2. The highest BCUT2D eigenvalue weighted by Gasteiger charge is 2.29. The highest BCUT2D eigenvalue weighted by Crippen LogP contribution is 2.36. The molecule has 2 nitrogen and oxygen atoms in total. The Morgan fingerprint density at radius 2 is 1.67 bits per heavy atom. The third kappa shape index (κ3) is 3.19. The van der Waals surface area contributed by atoms with Crippen LogP contribution in [0.3, 0.4) is 0 Å². The van der Waals surface area contributed by atoms with Crippen molar-refractivity contribution in [1.29, 1.82) is 0 Å². The first-order valence-electron chi connectivity index (χ1n) is 6.87. The van der Waals surface area contributed by atoms with Gasteiger partial charge in [0.25, 0.3) is 0 Å². The van der Waals surface area contributed by atoms with Crippen LogP contribution in [0.25, 0.3) is 0 Å². The first-order chi connectivity index (χ1) is 10.3. The van der Waals surface area contributed by atoms with Crippen molar-refractivity contribution in [3.05, 3.63) is 88.9 Å². The van der Waals surface area contributed by atoms with E-state index in [0.29, 0.717) is 0 Å². The van der Waals surface area contributed by atoms with E-state index in [2.05, 4.69) is 56.5 Å². The second kappa shape index (κ2) is 6.19. The van der Waals surface area contributed by atoms with Crippen molar-refractivity contribution in [2.45, 2.75) is 12.0 Å². The molecule has 0 amide bonds. The van der Waals surface area contributed by atoms with Crippen LogP contribution in [-0.4, -0.2) is 0 Å². The topological polar surface area (TPSA) is 24.7 Å². The molecule has 2 aromatic carbocycles. The predicted octanol–water partition coefficient (Wildman–Crippen LogP) is 5.94. The molecule has 0 heterocycles. The molecule has 104 valence electrons. The van der Waals surface area contributed by atoms with Gasteiger partial charge in [0.15, 0.2) is 0 Å². The van der Waals surface area contributed by atoms with Crippen molar-refractivity contribution in [1.82, 2.24) is 0 Å². The van der Waals surface area contributed by atoms with Gasteiger partial charge >= 0.3 is 0 Å². The van der Waals surface area contributed by atoms with E-state index in [1.54, 1.807) is 0 Å². The molecule has 1 unspecified atom stereocenters. The zero-order valence-corrected chi connectivity index (χ0v) is 13.1. The highest BCUT2D eigenvalue weighted by atomic mass is 79.9. The van der Waals surface area contributed by atoms with Gasteiger partial charge in [-0.2, -0.15) is 10.2 Å². The normalized spacial score (nSPS) is 21.0. The number of hydrogen-bond donors (Lipinski definition) is 0. The van der Waals surface area contributed by atoms with Crippen LogP contribution in [0.15, 0.2) is 93.6 Å². The Morgan fingerprint density at radius 1 is 0.905 bits per heavy atom. The molecule has 0 aromatic heterocycles. The largest absolute Gasteiger partial charge is 0.172 e. The van der Waals surface area contributed by atoms with Gasteiger partial charge in [-0.05, 0) is 29.8 Å². The summed E-state index contributed by atoms with van der Waals surface area (Å²) < 4.78 is 1.07. The van der Waals surface area contributed by atoms with Crippen molar-refractivity contribution < 1.29 is 0 Å². The SMILES string of the molecule is Brc1ccc(C2(N=Nc3ccccc3)C=CC=CC2)cc1. The van der Waals surface area contributed by atoms with E-state index in [1.807, 2.05) is 48.5 Å². The molecule has 21 heavy (non-hydrogen) atoms. The number of halogens is 1. The summed E-state index contributed by atoms with van der Waals surface area (Å²) in [7, 11) is 0. The van der Waals surface area contributed by atoms with Crippen molar-refractivity contribution >= 4 is 21.6 Å². The van der Waals surface area contributed by atoms with Crippen LogP contribution in [0.2, 0.25) is 0 Å². The lowest BCUT2D eigenvalue weighted by atomic mass is 9.85.